The molecule has 0 atom stereocenters. The van der Waals surface area contributed by atoms with Crippen LogP contribution in [-0.2, 0) is 12.8 Å². The summed E-state index contributed by atoms with van der Waals surface area (Å²) in [5, 5.41) is 14.9. The van der Waals surface area contributed by atoms with Crippen LogP contribution in [0, 0.1) is 0 Å². The van der Waals surface area contributed by atoms with Crippen LogP contribution in [0.5, 0.6) is 0 Å². The minimum absolute atomic E-state index is 0.0625. The Bertz CT molecular complexity index is 490. The molecule has 0 unspecified atom stereocenters. The van der Waals surface area contributed by atoms with Crippen molar-refractivity contribution >= 4 is 10.9 Å². The van der Waals surface area contributed by atoms with E-state index in [1.807, 2.05) is 0 Å². The number of nitrogens with zero attached hydrogens (tertiary/aromatic N) is 1. The van der Waals surface area contributed by atoms with Crippen LogP contribution < -0.4 is 0 Å². The van der Waals surface area contributed by atoms with Gasteiger partial charge < -0.3 is 5.11 Å². The zero-order chi connectivity index (χ0) is 11.1. The number of fused-ring (bicyclic) bond motifs is 1. The van der Waals surface area contributed by atoms with Crippen molar-refractivity contribution in [1.82, 2.24) is 10.2 Å². The van der Waals surface area contributed by atoms with Crippen LogP contribution in [0.25, 0.3) is 10.9 Å². The molecule has 0 spiro atoms. The highest BCUT2D eigenvalue weighted by atomic mass is 19.4. The molecule has 2 rings (SSSR count). The number of aliphatic hydroxyl groups is 1. The van der Waals surface area contributed by atoms with Crippen molar-refractivity contribution in [2.24, 2.45) is 0 Å². The van der Waals surface area contributed by atoms with Gasteiger partial charge in [-0.1, -0.05) is 6.07 Å². The van der Waals surface area contributed by atoms with Crippen LogP contribution in [0.3, 0.4) is 0 Å². The van der Waals surface area contributed by atoms with Crippen LogP contribution in [0.4, 0.5) is 13.2 Å². The molecule has 80 valence electrons. The van der Waals surface area contributed by atoms with Gasteiger partial charge in [0, 0.05) is 5.39 Å². The molecule has 1 heterocycles. The van der Waals surface area contributed by atoms with Gasteiger partial charge in [-0.15, -0.1) is 0 Å². The average Bonchev–Trinajstić information content (AvgIpc) is 2.58. The molecule has 2 N–H and O–H groups in total. The molecule has 0 saturated carbocycles. The number of aromatic amines is 1. The molecule has 6 heteroatoms. The number of rotatable bonds is 1. The number of benzene rings is 1. The van der Waals surface area contributed by atoms with Crippen molar-refractivity contribution in [3.63, 3.8) is 0 Å². The molecule has 15 heavy (non-hydrogen) atoms. The maximum atomic E-state index is 12.6. The van der Waals surface area contributed by atoms with E-state index in [4.69, 9.17) is 5.11 Å². The lowest BCUT2D eigenvalue weighted by Crippen LogP contribution is -2.06. The molecule has 0 fully saturated rings. The Labute approximate surface area is 82.5 Å². The minimum atomic E-state index is -4.44. The van der Waals surface area contributed by atoms with E-state index in [1.165, 1.54) is 12.1 Å². The average molecular weight is 216 g/mol. The highest BCUT2D eigenvalue weighted by Gasteiger charge is 2.33. The SMILES string of the molecule is OCc1[nH]nc2cccc(C(F)(F)F)c12. The van der Waals surface area contributed by atoms with Gasteiger partial charge in [0.25, 0.3) is 0 Å². The van der Waals surface area contributed by atoms with E-state index in [0.717, 1.165) is 6.07 Å². The monoisotopic (exact) mass is 216 g/mol. The first-order valence-corrected chi connectivity index (χ1v) is 4.18. The normalized spacial score (nSPS) is 12.3. The molecule has 1 aromatic heterocycles. The molecule has 0 saturated heterocycles. The van der Waals surface area contributed by atoms with Crippen LogP contribution in [0.2, 0.25) is 0 Å². The van der Waals surface area contributed by atoms with E-state index in [1.54, 1.807) is 0 Å². The lowest BCUT2D eigenvalue weighted by Gasteiger charge is -2.07. The molecule has 2 aromatic rings. The maximum absolute atomic E-state index is 12.6. The molecule has 1 aromatic carbocycles. The van der Waals surface area contributed by atoms with Gasteiger partial charge in [0.05, 0.1) is 23.4 Å². The lowest BCUT2D eigenvalue weighted by molar-refractivity contribution is -0.136. The van der Waals surface area contributed by atoms with Crippen LogP contribution >= 0.6 is 0 Å². The Morgan fingerprint density at radius 1 is 1.33 bits per heavy atom. The topological polar surface area (TPSA) is 48.9 Å². The van der Waals surface area contributed by atoms with Crippen molar-refractivity contribution in [3.8, 4) is 0 Å². The van der Waals surface area contributed by atoms with Gasteiger partial charge in [-0.2, -0.15) is 18.3 Å². The molecule has 0 aliphatic rings. The summed E-state index contributed by atoms with van der Waals surface area (Å²) < 4.78 is 37.8. The first-order valence-electron chi connectivity index (χ1n) is 4.18. The van der Waals surface area contributed by atoms with Crippen LogP contribution in [0.1, 0.15) is 11.3 Å². The fourth-order valence-electron chi connectivity index (χ4n) is 1.48. The van der Waals surface area contributed by atoms with E-state index < -0.39 is 18.3 Å². The third-order valence-electron chi connectivity index (χ3n) is 2.12. The number of H-pyrrole nitrogens is 1. The second kappa shape index (κ2) is 3.23. The third-order valence-corrected chi connectivity index (χ3v) is 2.12. The second-order valence-corrected chi connectivity index (χ2v) is 3.06. The smallest absolute Gasteiger partial charge is 0.390 e. The van der Waals surface area contributed by atoms with E-state index in [0.29, 0.717) is 0 Å². The summed E-state index contributed by atoms with van der Waals surface area (Å²) in [7, 11) is 0. The molecule has 0 aliphatic heterocycles. The Morgan fingerprint density at radius 3 is 2.67 bits per heavy atom. The quantitative estimate of drug-likeness (QED) is 0.766. The largest absolute Gasteiger partial charge is 0.417 e. The van der Waals surface area contributed by atoms with E-state index in [9.17, 15) is 13.2 Å². The number of halogens is 3. The molecule has 0 bridgehead atoms. The summed E-state index contributed by atoms with van der Waals surface area (Å²) >= 11 is 0. The predicted octanol–water partition coefficient (Wildman–Crippen LogP) is 2.07. The van der Waals surface area contributed by atoms with Gasteiger partial charge in [-0.3, -0.25) is 5.10 Å². The third kappa shape index (κ3) is 1.56. The summed E-state index contributed by atoms with van der Waals surface area (Å²) in [6, 6.07) is 3.71. The number of hydrogen-bond acceptors (Lipinski definition) is 2. The summed E-state index contributed by atoms with van der Waals surface area (Å²) in [4.78, 5) is 0. The summed E-state index contributed by atoms with van der Waals surface area (Å²) in [6.07, 6.45) is -4.44. The van der Waals surface area contributed by atoms with E-state index >= 15 is 0 Å². The minimum Gasteiger partial charge on any atom is -0.390 e. The summed E-state index contributed by atoms with van der Waals surface area (Å²) in [5.74, 6) is 0. The van der Waals surface area contributed by atoms with E-state index in [-0.39, 0.29) is 16.6 Å². The first-order chi connectivity index (χ1) is 7.04. The molecular weight excluding hydrogens is 209 g/mol. The Kier molecular flexibility index (Phi) is 2.15. The lowest BCUT2D eigenvalue weighted by atomic mass is 10.1. The fourth-order valence-corrected chi connectivity index (χ4v) is 1.48. The van der Waals surface area contributed by atoms with Crippen molar-refractivity contribution in [1.29, 1.82) is 0 Å². The Balaban J connectivity index is 2.78. The zero-order valence-electron chi connectivity index (χ0n) is 7.47. The zero-order valence-corrected chi connectivity index (χ0v) is 7.47. The van der Waals surface area contributed by atoms with Crippen molar-refractivity contribution < 1.29 is 18.3 Å². The highest BCUT2D eigenvalue weighted by molar-refractivity contribution is 5.85. The molecule has 0 aliphatic carbocycles. The van der Waals surface area contributed by atoms with Crippen LogP contribution in [0.15, 0.2) is 18.2 Å². The molecule has 3 nitrogen and oxygen atoms in total. The highest BCUT2D eigenvalue weighted by Crippen LogP contribution is 2.35. The van der Waals surface area contributed by atoms with Crippen molar-refractivity contribution in [2.75, 3.05) is 0 Å². The standard InChI is InChI=1S/C9H7F3N2O/c10-9(11,12)5-2-1-3-6-8(5)7(4-15)14-13-6/h1-3,15H,4H2,(H,13,14). The number of alkyl halides is 3. The van der Waals surface area contributed by atoms with Gasteiger partial charge in [0.1, 0.15) is 0 Å². The van der Waals surface area contributed by atoms with Crippen molar-refractivity contribution in [2.45, 2.75) is 12.8 Å². The molecular formula is C9H7F3N2O. The van der Waals surface area contributed by atoms with Gasteiger partial charge in [0.15, 0.2) is 0 Å². The number of hydrogen-bond donors (Lipinski definition) is 2. The number of nitrogens with one attached hydrogen (secondary N) is 1. The number of aliphatic hydroxyl groups excluding tert-OH is 1. The number of aromatic nitrogens is 2. The van der Waals surface area contributed by atoms with Crippen LogP contribution in [-0.4, -0.2) is 15.3 Å². The van der Waals surface area contributed by atoms with Gasteiger partial charge in [0.2, 0.25) is 0 Å². The summed E-state index contributed by atoms with van der Waals surface area (Å²) in [6.45, 7) is -0.496. The van der Waals surface area contributed by atoms with Gasteiger partial charge >= 0.3 is 6.18 Å². The Hall–Kier alpha value is -1.56. The fraction of sp³-hybridized carbons (Fsp3) is 0.222. The Morgan fingerprint density at radius 2 is 2.07 bits per heavy atom. The predicted molar refractivity (Wildman–Crippen MR) is 47.0 cm³/mol. The molecule has 0 radical (unpaired) electrons. The maximum Gasteiger partial charge on any atom is 0.417 e. The van der Waals surface area contributed by atoms with Gasteiger partial charge in [-0.25, -0.2) is 0 Å². The van der Waals surface area contributed by atoms with E-state index in [2.05, 4.69) is 10.2 Å². The second-order valence-electron chi connectivity index (χ2n) is 3.06. The van der Waals surface area contributed by atoms with Gasteiger partial charge in [-0.05, 0) is 12.1 Å². The molecule has 0 amide bonds. The summed E-state index contributed by atoms with van der Waals surface area (Å²) in [5.41, 5.74) is -0.496. The van der Waals surface area contributed by atoms with Crippen molar-refractivity contribution in [3.05, 3.63) is 29.5 Å². The first kappa shape index (κ1) is 9.97.